The third kappa shape index (κ3) is 3.88. The van der Waals surface area contributed by atoms with E-state index in [0.717, 1.165) is 28.5 Å². The van der Waals surface area contributed by atoms with Crippen molar-refractivity contribution in [1.82, 2.24) is 0 Å². The van der Waals surface area contributed by atoms with Gasteiger partial charge in [0.15, 0.2) is 0 Å². The highest BCUT2D eigenvalue weighted by Crippen LogP contribution is 2.31. The number of benzene rings is 1. The standard InChI is InChI=1S/C12H17NOS/c1-9(2)6-7-15-12-5-4-10(13)8-11(12)14-3/h4-5,8H,1,6-7,13H2,2-3H3. The van der Waals surface area contributed by atoms with Gasteiger partial charge in [-0.15, -0.1) is 18.3 Å². The molecule has 0 saturated carbocycles. The summed E-state index contributed by atoms with van der Waals surface area (Å²) in [6.07, 6.45) is 1.03. The van der Waals surface area contributed by atoms with Crippen LogP contribution in [0.1, 0.15) is 13.3 Å². The molecule has 1 aromatic carbocycles. The van der Waals surface area contributed by atoms with E-state index in [9.17, 15) is 0 Å². The van der Waals surface area contributed by atoms with Crippen molar-refractivity contribution >= 4 is 17.4 Å². The second kappa shape index (κ2) is 5.71. The Kier molecular flexibility index (Phi) is 4.56. The van der Waals surface area contributed by atoms with Crippen molar-refractivity contribution in [3.8, 4) is 5.75 Å². The lowest BCUT2D eigenvalue weighted by Gasteiger charge is -2.08. The number of methoxy groups -OCH3 is 1. The van der Waals surface area contributed by atoms with E-state index in [1.807, 2.05) is 25.1 Å². The highest BCUT2D eigenvalue weighted by atomic mass is 32.2. The molecular formula is C12H17NOS. The van der Waals surface area contributed by atoms with Crippen LogP contribution in [0.5, 0.6) is 5.75 Å². The highest BCUT2D eigenvalue weighted by Gasteiger charge is 2.03. The molecule has 1 aromatic rings. The summed E-state index contributed by atoms with van der Waals surface area (Å²) in [5, 5.41) is 0. The zero-order valence-corrected chi connectivity index (χ0v) is 10.1. The monoisotopic (exact) mass is 223 g/mol. The smallest absolute Gasteiger partial charge is 0.134 e. The SMILES string of the molecule is C=C(C)CCSc1ccc(N)cc1OC. The third-order valence-electron chi connectivity index (χ3n) is 1.97. The van der Waals surface area contributed by atoms with Crippen LogP contribution in [0.25, 0.3) is 0 Å². The molecule has 2 nitrogen and oxygen atoms in total. The first-order chi connectivity index (χ1) is 7.13. The van der Waals surface area contributed by atoms with Crippen molar-refractivity contribution in [2.75, 3.05) is 18.6 Å². The zero-order valence-electron chi connectivity index (χ0n) is 9.25. The Morgan fingerprint density at radius 3 is 2.87 bits per heavy atom. The van der Waals surface area contributed by atoms with Gasteiger partial charge in [0.25, 0.3) is 0 Å². The fourth-order valence-corrected chi connectivity index (χ4v) is 2.26. The summed E-state index contributed by atoms with van der Waals surface area (Å²) in [6, 6.07) is 5.74. The molecule has 0 heterocycles. The topological polar surface area (TPSA) is 35.2 Å². The first kappa shape index (κ1) is 12.0. The largest absolute Gasteiger partial charge is 0.496 e. The van der Waals surface area contributed by atoms with E-state index in [2.05, 4.69) is 6.58 Å². The van der Waals surface area contributed by atoms with Crippen LogP contribution in [0.15, 0.2) is 35.2 Å². The summed E-state index contributed by atoms with van der Waals surface area (Å²) in [4.78, 5) is 1.13. The van der Waals surface area contributed by atoms with Gasteiger partial charge in [-0.2, -0.15) is 0 Å². The molecule has 0 aliphatic rings. The fourth-order valence-electron chi connectivity index (χ4n) is 1.14. The van der Waals surface area contributed by atoms with Crippen LogP contribution in [0.2, 0.25) is 0 Å². The maximum absolute atomic E-state index is 5.68. The lowest BCUT2D eigenvalue weighted by molar-refractivity contribution is 0.405. The quantitative estimate of drug-likeness (QED) is 0.472. The van der Waals surface area contributed by atoms with Crippen molar-refractivity contribution in [3.63, 3.8) is 0 Å². The van der Waals surface area contributed by atoms with E-state index in [1.165, 1.54) is 5.57 Å². The Morgan fingerprint density at radius 1 is 1.53 bits per heavy atom. The van der Waals surface area contributed by atoms with E-state index in [0.29, 0.717) is 0 Å². The number of hydrogen-bond acceptors (Lipinski definition) is 3. The van der Waals surface area contributed by atoms with Gasteiger partial charge < -0.3 is 10.5 Å². The van der Waals surface area contributed by atoms with Crippen LogP contribution in [0.4, 0.5) is 5.69 Å². The number of nitrogens with two attached hydrogens (primary N) is 1. The Morgan fingerprint density at radius 2 is 2.27 bits per heavy atom. The summed E-state index contributed by atoms with van der Waals surface area (Å²) < 4.78 is 5.26. The summed E-state index contributed by atoms with van der Waals surface area (Å²) in [5.74, 6) is 1.87. The van der Waals surface area contributed by atoms with E-state index < -0.39 is 0 Å². The molecule has 0 bridgehead atoms. The van der Waals surface area contributed by atoms with Crippen LogP contribution in [-0.4, -0.2) is 12.9 Å². The van der Waals surface area contributed by atoms with Gasteiger partial charge in [-0.3, -0.25) is 0 Å². The maximum Gasteiger partial charge on any atom is 0.134 e. The van der Waals surface area contributed by atoms with Crippen molar-refractivity contribution in [2.24, 2.45) is 0 Å². The molecule has 82 valence electrons. The molecule has 0 aromatic heterocycles. The summed E-state index contributed by atoms with van der Waals surface area (Å²) in [5.41, 5.74) is 7.61. The van der Waals surface area contributed by atoms with Gasteiger partial charge in [-0.25, -0.2) is 0 Å². The molecule has 0 fully saturated rings. The molecule has 0 atom stereocenters. The second-order valence-corrected chi connectivity index (χ2v) is 4.60. The van der Waals surface area contributed by atoms with Crippen molar-refractivity contribution in [1.29, 1.82) is 0 Å². The van der Waals surface area contributed by atoms with Crippen molar-refractivity contribution < 1.29 is 4.74 Å². The Labute approximate surface area is 95.5 Å². The predicted molar refractivity (Wildman–Crippen MR) is 67.6 cm³/mol. The van der Waals surface area contributed by atoms with Gasteiger partial charge in [0.05, 0.1) is 7.11 Å². The lowest BCUT2D eigenvalue weighted by Crippen LogP contribution is -1.91. The molecule has 0 unspecified atom stereocenters. The number of hydrogen-bond donors (Lipinski definition) is 1. The first-order valence-electron chi connectivity index (χ1n) is 4.84. The number of thioether (sulfide) groups is 1. The van der Waals surface area contributed by atoms with Gasteiger partial charge in [0.2, 0.25) is 0 Å². The Bertz CT molecular complexity index is 349. The molecule has 1 rings (SSSR count). The second-order valence-electron chi connectivity index (χ2n) is 3.47. The van der Waals surface area contributed by atoms with Crippen LogP contribution in [-0.2, 0) is 0 Å². The number of rotatable bonds is 5. The van der Waals surface area contributed by atoms with Crippen molar-refractivity contribution in [2.45, 2.75) is 18.2 Å². The first-order valence-corrected chi connectivity index (χ1v) is 5.82. The molecule has 0 amide bonds. The van der Waals surface area contributed by atoms with E-state index >= 15 is 0 Å². The molecule has 0 aliphatic heterocycles. The van der Waals surface area contributed by atoms with Gasteiger partial charge in [0.1, 0.15) is 5.75 Å². The predicted octanol–water partition coefficient (Wildman–Crippen LogP) is 3.34. The fraction of sp³-hybridized carbons (Fsp3) is 0.333. The van der Waals surface area contributed by atoms with Gasteiger partial charge >= 0.3 is 0 Å². The number of anilines is 1. The minimum Gasteiger partial charge on any atom is -0.496 e. The van der Waals surface area contributed by atoms with Crippen LogP contribution < -0.4 is 10.5 Å². The number of nitrogen functional groups attached to an aromatic ring is 1. The molecule has 3 heteroatoms. The van der Waals surface area contributed by atoms with Crippen LogP contribution in [0.3, 0.4) is 0 Å². The maximum atomic E-state index is 5.68. The molecular weight excluding hydrogens is 206 g/mol. The highest BCUT2D eigenvalue weighted by molar-refractivity contribution is 7.99. The zero-order chi connectivity index (χ0) is 11.3. The summed E-state index contributed by atoms with van der Waals surface area (Å²) >= 11 is 1.77. The van der Waals surface area contributed by atoms with Gasteiger partial charge in [-0.1, -0.05) is 5.57 Å². The molecule has 2 N–H and O–H groups in total. The normalized spacial score (nSPS) is 10.0. The Balaban J connectivity index is 2.63. The average Bonchev–Trinajstić information content (AvgIpc) is 2.19. The van der Waals surface area contributed by atoms with E-state index in [1.54, 1.807) is 18.9 Å². The summed E-state index contributed by atoms with van der Waals surface area (Å²) in [6.45, 7) is 5.92. The van der Waals surface area contributed by atoms with Crippen LogP contribution >= 0.6 is 11.8 Å². The van der Waals surface area contributed by atoms with Gasteiger partial charge in [0, 0.05) is 22.4 Å². The summed E-state index contributed by atoms with van der Waals surface area (Å²) in [7, 11) is 1.66. The Hall–Kier alpha value is -1.09. The average molecular weight is 223 g/mol. The van der Waals surface area contributed by atoms with Gasteiger partial charge in [-0.05, 0) is 25.5 Å². The number of allylic oxidation sites excluding steroid dienone is 1. The lowest BCUT2D eigenvalue weighted by atomic mass is 10.3. The molecule has 0 radical (unpaired) electrons. The minimum atomic E-state index is 0.733. The number of ether oxygens (including phenoxy) is 1. The molecule has 15 heavy (non-hydrogen) atoms. The molecule has 0 saturated heterocycles. The molecule has 0 spiro atoms. The van der Waals surface area contributed by atoms with Crippen molar-refractivity contribution in [3.05, 3.63) is 30.4 Å². The minimum absolute atomic E-state index is 0.733. The third-order valence-corrected chi connectivity index (χ3v) is 3.03. The van der Waals surface area contributed by atoms with E-state index in [4.69, 9.17) is 10.5 Å². The van der Waals surface area contributed by atoms with Crippen LogP contribution in [0, 0.1) is 0 Å². The molecule has 0 aliphatic carbocycles. The van der Waals surface area contributed by atoms with E-state index in [-0.39, 0.29) is 0 Å².